The van der Waals surface area contributed by atoms with Gasteiger partial charge in [0, 0.05) is 31.6 Å². The van der Waals surface area contributed by atoms with Gasteiger partial charge in [-0.3, -0.25) is 4.79 Å². The molecule has 0 atom stereocenters. The first-order valence-electron chi connectivity index (χ1n) is 5.94. The fourth-order valence-electron chi connectivity index (χ4n) is 2.16. The molecule has 0 bridgehead atoms. The van der Waals surface area contributed by atoms with E-state index < -0.39 is 0 Å². The molecule has 2 aliphatic rings. The van der Waals surface area contributed by atoms with Crippen LogP contribution in [0.15, 0.2) is 0 Å². The molecule has 0 unspecified atom stereocenters. The molecule has 4 nitrogen and oxygen atoms in total. The Hall–Kier alpha value is -0.610. The number of nitrogens with zero attached hydrogens (tertiary/aromatic N) is 1. The van der Waals surface area contributed by atoms with Crippen LogP contribution in [-0.2, 0) is 4.79 Å². The zero-order chi connectivity index (χ0) is 10.7. The molecule has 0 aromatic carbocycles. The number of nitrogens with one attached hydrogen (secondary N) is 1. The zero-order valence-electron chi connectivity index (χ0n) is 9.11. The van der Waals surface area contributed by atoms with Crippen LogP contribution in [0.25, 0.3) is 0 Å². The highest BCUT2D eigenvalue weighted by Crippen LogP contribution is 2.31. The molecular weight excluding hydrogens is 192 g/mol. The predicted molar refractivity (Wildman–Crippen MR) is 57.4 cm³/mol. The molecule has 1 amide bonds. The molecule has 1 saturated heterocycles. The Labute approximate surface area is 90.6 Å². The van der Waals surface area contributed by atoms with Gasteiger partial charge in [0.15, 0.2) is 0 Å². The Morgan fingerprint density at radius 2 is 1.93 bits per heavy atom. The van der Waals surface area contributed by atoms with Gasteiger partial charge in [0.2, 0.25) is 5.91 Å². The molecule has 4 heteroatoms. The molecule has 0 spiro atoms. The van der Waals surface area contributed by atoms with Gasteiger partial charge in [-0.05, 0) is 25.7 Å². The average Bonchev–Trinajstić information content (AvgIpc) is 3.10. The van der Waals surface area contributed by atoms with Gasteiger partial charge in [0.25, 0.3) is 0 Å². The third-order valence-corrected chi connectivity index (χ3v) is 3.28. The lowest BCUT2D eigenvalue weighted by atomic mass is 10.0. The number of aliphatic hydroxyl groups is 1. The van der Waals surface area contributed by atoms with Crippen LogP contribution < -0.4 is 5.32 Å². The van der Waals surface area contributed by atoms with E-state index in [4.69, 9.17) is 5.11 Å². The fourth-order valence-corrected chi connectivity index (χ4v) is 2.16. The first-order chi connectivity index (χ1) is 7.31. The predicted octanol–water partition coefficient (Wildman–Crippen LogP) is -0.0307. The molecule has 2 rings (SSSR count). The van der Waals surface area contributed by atoms with Gasteiger partial charge in [0.05, 0.1) is 6.61 Å². The summed E-state index contributed by atoms with van der Waals surface area (Å²) < 4.78 is 0. The Morgan fingerprint density at radius 3 is 2.47 bits per heavy atom. The molecule has 0 radical (unpaired) electrons. The Morgan fingerprint density at radius 1 is 1.27 bits per heavy atom. The molecule has 2 N–H and O–H groups in total. The Bertz CT molecular complexity index is 221. The van der Waals surface area contributed by atoms with Gasteiger partial charge in [-0.15, -0.1) is 0 Å². The summed E-state index contributed by atoms with van der Waals surface area (Å²) in [5.41, 5.74) is 0. The van der Waals surface area contributed by atoms with Gasteiger partial charge >= 0.3 is 0 Å². The van der Waals surface area contributed by atoms with E-state index in [1.54, 1.807) is 0 Å². The minimum Gasteiger partial charge on any atom is -0.395 e. The van der Waals surface area contributed by atoms with E-state index in [-0.39, 0.29) is 6.61 Å². The first-order valence-corrected chi connectivity index (χ1v) is 5.94. The van der Waals surface area contributed by atoms with E-state index in [1.165, 1.54) is 0 Å². The lowest BCUT2D eigenvalue weighted by molar-refractivity contribution is -0.133. The summed E-state index contributed by atoms with van der Waals surface area (Å²) in [4.78, 5) is 13.8. The van der Waals surface area contributed by atoms with Gasteiger partial charge in [-0.2, -0.15) is 0 Å². The number of amides is 1. The standard InChI is InChI=1S/C11H20N2O2/c14-8-5-12-10-3-6-13(7-4-10)11(15)9-1-2-9/h9-10,12,14H,1-8H2. The van der Waals surface area contributed by atoms with Gasteiger partial charge in [-0.25, -0.2) is 0 Å². The monoisotopic (exact) mass is 212 g/mol. The van der Waals surface area contributed by atoms with Gasteiger partial charge in [0.1, 0.15) is 0 Å². The smallest absolute Gasteiger partial charge is 0.225 e. The normalized spacial score (nSPS) is 23.1. The molecule has 0 aromatic heterocycles. The van der Waals surface area contributed by atoms with Crippen molar-refractivity contribution in [1.29, 1.82) is 0 Å². The van der Waals surface area contributed by atoms with Crippen molar-refractivity contribution >= 4 is 5.91 Å². The second kappa shape index (κ2) is 4.94. The highest BCUT2D eigenvalue weighted by Gasteiger charge is 2.34. The number of rotatable bonds is 4. The molecule has 0 aromatic rings. The second-order valence-corrected chi connectivity index (χ2v) is 4.55. The third kappa shape index (κ3) is 2.92. The van der Waals surface area contributed by atoms with Crippen molar-refractivity contribution in [2.24, 2.45) is 5.92 Å². The minimum absolute atomic E-state index is 0.196. The van der Waals surface area contributed by atoms with Crippen LogP contribution in [0.3, 0.4) is 0 Å². The molecule has 86 valence electrons. The van der Waals surface area contributed by atoms with Crippen molar-refractivity contribution in [2.75, 3.05) is 26.2 Å². The summed E-state index contributed by atoms with van der Waals surface area (Å²) in [5.74, 6) is 0.725. The molecule has 15 heavy (non-hydrogen) atoms. The minimum atomic E-state index is 0.196. The van der Waals surface area contributed by atoms with E-state index in [9.17, 15) is 4.79 Å². The van der Waals surface area contributed by atoms with Gasteiger partial charge in [-0.1, -0.05) is 0 Å². The molecule has 1 heterocycles. The Kier molecular flexibility index (Phi) is 3.59. The maximum Gasteiger partial charge on any atom is 0.225 e. The molecule has 1 aliphatic heterocycles. The first kappa shape index (κ1) is 10.9. The second-order valence-electron chi connectivity index (χ2n) is 4.55. The highest BCUT2D eigenvalue weighted by molar-refractivity contribution is 5.81. The largest absolute Gasteiger partial charge is 0.395 e. The number of likely N-dealkylation sites (tertiary alicyclic amines) is 1. The van der Waals surface area contributed by atoms with Crippen LogP contribution in [0.1, 0.15) is 25.7 Å². The topological polar surface area (TPSA) is 52.6 Å². The summed E-state index contributed by atoms with van der Waals surface area (Å²) in [6.45, 7) is 2.64. The van der Waals surface area contributed by atoms with Crippen molar-refractivity contribution in [2.45, 2.75) is 31.7 Å². The van der Waals surface area contributed by atoms with Crippen molar-refractivity contribution in [1.82, 2.24) is 10.2 Å². The number of carbonyl (C=O) groups is 1. The van der Waals surface area contributed by atoms with Gasteiger partial charge < -0.3 is 15.3 Å². The van der Waals surface area contributed by atoms with Crippen molar-refractivity contribution in [3.8, 4) is 0 Å². The lowest BCUT2D eigenvalue weighted by Gasteiger charge is -2.32. The number of carbonyl (C=O) groups excluding carboxylic acids is 1. The maximum absolute atomic E-state index is 11.7. The van der Waals surface area contributed by atoms with Crippen LogP contribution in [-0.4, -0.2) is 48.2 Å². The van der Waals surface area contributed by atoms with Crippen molar-refractivity contribution in [3.05, 3.63) is 0 Å². The summed E-state index contributed by atoms with van der Waals surface area (Å²) in [6.07, 6.45) is 4.25. The maximum atomic E-state index is 11.7. The number of hydrogen-bond acceptors (Lipinski definition) is 3. The van der Waals surface area contributed by atoms with Crippen LogP contribution in [0.5, 0.6) is 0 Å². The molecule has 2 fully saturated rings. The van der Waals surface area contributed by atoms with E-state index in [0.29, 0.717) is 24.4 Å². The third-order valence-electron chi connectivity index (χ3n) is 3.28. The quantitative estimate of drug-likeness (QED) is 0.688. The van der Waals surface area contributed by atoms with E-state index >= 15 is 0 Å². The number of aliphatic hydroxyl groups excluding tert-OH is 1. The summed E-state index contributed by atoms with van der Waals surface area (Å²) in [7, 11) is 0. The van der Waals surface area contributed by atoms with Crippen LogP contribution in [0, 0.1) is 5.92 Å². The van der Waals surface area contributed by atoms with Crippen LogP contribution in [0.2, 0.25) is 0 Å². The van der Waals surface area contributed by atoms with Crippen molar-refractivity contribution in [3.63, 3.8) is 0 Å². The van der Waals surface area contributed by atoms with Crippen LogP contribution >= 0.6 is 0 Å². The fraction of sp³-hybridized carbons (Fsp3) is 0.909. The number of hydrogen-bond donors (Lipinski definition) is 2. The Balaban J connectivity index is 1.69. The van der Waals surface area contributed by atoms with E-state index in [2.05, 4.69) is 5.32 Å². The average molecular weight is 212 g/mol. The lowest BCUT2D eigenvalue weighted by Crippen LogP contribution is -2.45. The van der Waals surface area contributed by atoms with E-state index in [0.717, 1.165) is 38.8 Å². The molecule has 1 aliphatic carbocycles. The SMILES string of the molecule is O=C(C1CC1)N1CCC(NCCO)CC1. The summed E-state index contributed by atoms with van der Waals surface area (Å²) in [5, 5.41) is 12.0. The highest BCUT2D eigenvalue weighted by atomic mass is 16.3. The molecule has 1 saturated carbocycles. The summed E-state index contributed by atoms with van der Waals surface area (Å²) >= 11 is 0. The van der Waals surface area contributed by atoms with Crippen molar-refractivity contribution < 1.29 is 9.90 Å². The summed E-state index contributed by atoms with van der Waals surface area (Å²) in [6, 6.07) is 0.486. The number of piperidine rings is 1. The molecular formula is C11H20N2O2. The van der Waals surface area contributed by atoms with E-state index in [1.807, 2.05) is 4.90 Å². The van der Waals surface area contributed by atoms with Crippen LogP contribution in [0.4, 0.5) is 0 Å². The zero-order valence-corrected chi connectivity index (χ0v) is 9.11.